The Kier molecular flexibility index (Phi) is 6.28. The quantitative estimate of drug-likeness (QED) is 0.609. The molecule has 3 rings (SSSR count). The van der Waals surface area contributed by atoms with Crippen LogP contribution < -0.4 is 10.3 Å². The minimum atomic E-state index is -0.294. The minimum Gasteiger partial charge on any atom is -0.378 e. The molecule has 1 fully saturated rings. The van der Waals surface area contributed by atoms with Gasteiger partial charge in [-0.15, -0.1) is 11.3 Å². The molecule has 0 spiro atoms. The van der Waals surface area contributed by atoms with Crippen molar-refractivity contribution in [1.82, 2.24) is 15.0 Å². The van der Waals surface area contributed by atoms with Gasteiger partial charge in [-0.2, -0.15) is 5.10 Å². The number of hydrogen-bond acceptors (Lipinski definition) is 6. The van der Waals surface area contributed by atoms with Crippen molar-refractivity contribution < 1.29 is 9.53 Å². The highest BCUT2D eigenvalue weighted by Crippen LogP contribution is 2.21. The second kappa shape index (κ2) is 8.67. The number of thiazole rings is 1. The van der Waals surface area contributed by atoms with Gasteiger partial charge in [0.2, 0.25) is 0 Å². The first kappa shape index (κ1) is 19.6. The number of rotatable bonds is 6. The molecule has 146 valence electrons. The zero-order valence-electron chi connectivity index (χ0n) is 16.4. The average molecular weight is 390 g/mol. The lowest BCUT2D eigenvalue weighted by Crippen LogP contribution is -2.36. The Morgan fingerprint density at radius 1 is 1.41 bits per heavy atom. The van der Waals surface area contributed by atoms with Gasteiger partial charge >= 0.3 is 0 Å². The lowest BCUT2D eigenvalue weighted by atomic mass is 10.2. The molecule has 27 heavy (non-hydrogen) atoms. The van der Waals surface area contributed by atoms with Crippen LogP contribution in [0.3, 0.4) is 0 Å². The number of nitrogens with zero attached hydrogens (tertiary/aromatic N) is 4. The summed E-state index contributed by atoms with van der Waals surface area (Å²) in [7, 11) is 0. The molecule has 0 unspecified atom stereocenters. The predicted molar refractivity (Wildman–Crippen MR) is 109 cm³/mol. The van der Waals surface area contributed by atoms with Gasteiger partial charge in [0.25, 0.3) is 5.91 Å². The van der Waals surface area contributed by atoms with E-state index in [1.54, 1.807) is 11.6 Å². The smallest absolute Gasteiger partial charge is 0.290 e. The van der Waals surface area contributed by atoms with Gasteiger partial charge in [-0.05, 0) is 25.8 Å². The first-order valence-electron chi connectivity index (χ1n) is 9.24. The van der Waals surface area contributed by atoms with Crippen molar-refractivity contribution in [2.45, 2.75) is 34.2 Å². The van der Waals surface area contributed by atoms with Crippen LogP contribution in [-0.4, -0.2) is 48.0 Å². The number of anilines is 1. The fourth-order valence-electron chi connectivity index (χ4n) is 3.09. The summed E-state index contributed by atoms with van der Waals surface area (Å²) in [5.41, 5.74) is 6.34. The Bertz CT molecular complexity index is 818. The van der Waals surface area contributed by atoms with Crippen LogP contribution in [0.2, 0.25) is 0 Å². The number of amides is 1. The van der Waals surface area contributed by atoms with E-state index in [0.717, 1.165) is 36.0 Å². The second-order valence-corrected chi connectivity index (χ2v) is 7.98. The third-order valence-corrected chi connectivity index (χ3v) is 5.44. The molecule has 1 N–H and O–H groups in total. The molecule has 1 aliphatic heterocycles. The van der Waals surface area contributed by atoms with Crippen molar-refractivity contribution in [1.29, 1.82) is 0 Å². The molecular weight excluding hydrogens is 362 g/mol. The van der Waals surface area contributed by atoms with E-state index in [1.165, 1.54) is 17.0 Å². The average Bonchev–Trinajstić information content (AvgIpc) is 3.24. The number of hydrogen-bond donors (Lipinski definition) is 1. The number of carbonyl (C=O) groups is 1. The normalized spacial score (nSPS) is 15.1. The van der Waals surface area contributed by atoms with Crippen LogP contribution >= 0.6 is 11.3 Å². The molecule has 7 nitrogen and oxygen atoms in total. The van der Waals surface area contributed by atoms with Crippen LogP contribution in [0.5, 0.6) is 0 Å². The molecule has 1 amide bonds. The number of hydrazone groups is 1. The van der Waals surface area contributed by atoms with E-state index >= 15 is 0 Å². The maximum Gasteiger partial charge on any atom is 0.290 e. The number of aryl methyl sites for hydroxylation is 1. The van der Waals surface area contributed by atoms with Gasteiger partial charge in [-0.25, -0.2) is 10.4 Å². The first-order valence-corrected chi connectivity index (χ1v) is 10.1. The van der Waals surface area contributed by atoms with Gasteiger partial charge in [0.05, 0.1) is 19.4 Å². The topological polar surface area (TPSA) is 71.8 Å². The Labute approximate surface area is 164 Å². The molecule has 0 aliphatic carbocycles. The van der Waals surface area contributed by atoms with Crippen LogP contribution in [0.4, 0.5) is 5.13 Å². The number of ether oxygens (including phenoxy) is 1. The lowest BCUT2D eigenvalue weighted by Gasteiger charge is -2.25. The van der Waals surface area contributed by atoms with Crippen LogP contribution in [0.15, 0.2) is 16.5 Å². The fourth-order valence-corrected chi connectivity index (χ4v) is 3.95. The van der Waals surface area contributed by atoms with E-state index in [1.807, 2.05) is 0 Å². The summed E-state index contributed by atoms with van der Waals surface area (Å²) < 4.78 is 7.63. The van der Waals surface area contributed by atoms with Crippen LogP contribution in [0.1, 0.15) is 41.3 Å². The summed E-state index contributed by atoms with van der Waals surface area (Å²) in [4.78, 5) is 18.9. The molecule has 0 bridgehead atoms. The van der Waals surface area contributed by atoms with Crippen molar-refractivity contribution in [2.24, 2.45) is 11.0 Å². The molecule has 2 aromatic heterocycles. The van der Waals surface area contributed by atoms with E-state index in [0.29, 0.717) is 24.8 Å². The van der Waals surface area contributed by atoms with Crippen molar-refractivity contribution in [3.05, 3.63) is 34.1 Å². The molecule has 0 aromatic carbocycles. The minimum absolute atomic E-state index is 0.294. The third-order valence-electron chi connectivity index (χ3n) is 4.54. The van der Waals surface area contributed by atoms with Gasteiger partial charge in [-0.1, -0.05) is 13.8 Å². The second-order valence-electron chi connectivity index (χ2n) is 7.14. The molecular formula is C19H27N5O2S. The van der Waals surface area contributed by atoms with E-state index < -0.39 is 0 Å². The number of carbonyl (C=O) groups excluding carboxylic acids is 1. The van der Waals surface area contributed by atoms with Gasteiger partial charge in [-0.3, -0.25) is 4.79 Å². The fraction of sp³-hybridized carbons (Fsp3) is 0.526. The summed E-state index contributed by atoms with van der Waals surface area (Å²) in [6, 6.07) is 2.09. The van der Waals surface area contributed by atoms with Crippen molar-refractivity contribution in [2.75, 3.05) is 31.2 Å². The van der Waals surface area contributed by atoms with Gasteiger partial charge < -0.3 is 14.2 Å². The molecule has 8 heteroatoms. The van der Waals surface area contributed by atoms with E-state index in [2.05, 4.69) is 58.7 Å². The van der Waals surface area contributed by atoms with Gasteiger partial charge in [0.1, 0.15) is 5.69 Å². The Balaban J connectivity index is 1.61. The van der Waals surface area contributed by atoms with Crippen LogP contribution in [-0.2, 0) is 11.3 Å². The summed E-state index contributed by atoms with van der Waals surface area (Å²) >= 11 is 1.47. The number of morpholine rings is 1. The van der Waals surface area contributed by atoms with Gasteiger partial charge in [0, 0.05) is 42.0 Å². The maximum absolute atomic E-state index is 12.3. The Morgan fingerprint density at radius 2 is 2.15 bits per heavy atom. The largest absolute Gasteiger partial charge is 0.378 e. The Hall–Kier alpha value is -2.19. The van der Waals surface area contributed by atoms with E-state index in [4.69, 9.17) is 4.74 Å². The van der Waals surface area contributed by atoms with Crippen molar-refractivity contribution in [3.63, 3.8) is 0 Å². The predicted octanol–water partition coefficient (Wildman–Crippen LogP) is 2.82. The van der Waals surface area contributed by atoms with Crippen LogP contribution in [0.25, 0.3) is 0 Å². The molecule has 0 radical (unpaired) electrons. The summed E-state index contributed by atoms with van der Waals surface area (Å²) in [5, 5.41) is 6.75. The molecule has 0 atom stereocenters. The van der Waals surface area contributed by atoms with Crippen molar-refractivity contribution in [3.8, 4) is 0 Å². The Morgan fingerprint density at radius 3 is 2.85 bits per heavy atom. The van der Waals surface area contributed by atoms with E-state index in [9.17, 15) is 4.79 Å². The summed E-state index contributed by atoms with van der Waals surface area (Å²) in [5.74, 6) is 0.280. The molecule has 1 aliphatic rings. The zero-order chi connectivity index (χ0) is 19.4. The highest BCUT2D eigenvalue weighted by atomic mass is 32.1. The standard InChI is InChI=1S/C19H27N5O2S/c1-13(2)11-24-14(3)9-16(15(24)4)10-20-22-18(25)17-12-27-19(21-17)23-5-7-26-8-6-23/h9-10,12-13H,5-8,11H2,1-4H3,(H,22,25)/b20-10+. The molecule has 3 heterocycles. The molecule has 2 aromatic rings. The van der Waals surface area contributed by atoms with Crippen molar-refractivity contribution >= 4 is 28.6 Å². The van der Waals surface area contributed by atoms with Gasteiger partial charge in [0.15, 0.2) is 5.13 Å². The maximum atomic E-state index is 12.3. The van der Waals surface area contributed by atoms with E-state index in [-0.39, 0.29) is 5.91 Å². The summed E-state index contributed by atoms with van der Waals surface area (Å²) in [6.07, 6.45) is 1.70. The highest BCUT2D eigenvalue weighted by molar-refractivity contribution is 7.13. The zero-order valence-corrected chi connectivity index (χ0v) is 17.2. The number of aromatic nitrogens is 2. The third kappa shape index (κ3) is 4.75. The highest BCUT2D eigenvalue weighted by Gasteiger charge is 2.17. The first-order chi connectivity index (χ1) is 13.0. The lowest BCUT2D eigenvalue weighted by molar-refractivity contribution is 0.0951. The monoisotopic (exact) mass is 389 g/mol. The molecule has 1 saturated heterocycles. The SMILES string of the molecule is Cc1cc(/C=N/NC(=O)c2csc(N3CCOCC3)n2)c(C)n1CC(C)C. The van der Waals surface area contributed by atoms with Crippen LogP contribution in [0, 0.1) is 19.8 Å². The number of nitrogens with one attached hydrogen (secondary N) is 1. The molecule has 0 saturated carbocycles. The summed E-state index contributed by atoms with van der Waals surface area (Å²) in [6.45, 7) is 12.5.